The molecule has 0 bridgehead atoms. The van der Waals surface area contributed by atoms with Crippen molar-refractivity contribution >= 4 is 0 Å². The molecule has 1 fully saturated rings. The van der Waals surface area contributed by atoms with Crippen LogP contribution in [0, 0.1) is 11.3 Å². The fraction of sp³-hybridized carbons (Fsp3) is 1.00. The molecule has 0 aromatic carbocycles. The van der Waals surface area contributed by atoms with E-state index < -0.39 is 0 Å². The molecular formula is C9H19N. The van der Waals surface area contributed by atoms with Gasteiger partial charge in [0.05, 0.1) is 0 Å². The van der Waals surface area contributed by atoms with Crippen LogP contribution in [0.15, 0.2) is 0 Å². The molecule has 1 aliphatic rings. The molecule has 60 valence electrons. The summed E-state index contributed by atoms with van der Waals surface area (Å²) in [7, 11) is 0. The van der Waals surface area contributed by atoms with Gasteiger partial charge in [0.1, 0.15) is 0 Å². The summed E-state index contributed by atoms with van der Waals surface area (Å²) in [5.74, 6) is 0.856. The number of hydrogen-bond donors (Lipinski definition) is 1. The van der Waals surface area contributed by atoms with Gasteiger partial charge in [-0.3, -0.25) is 0 Å². The lowest BCUT2D eigenvalue weighted by Crippen LogP contribution is -2.11. The molecule has 0 heterocycles. The van der Waals surface area contributed by atoms with Gasteiger partial charge in [0.2, 0.25) is 0 Å². The Kier molecular flexibility index (Phi) is 2.35. The smallest absolute Gasteiger partial charge is 0.00720 e. The number of rotatable bonds is 4. The van der Waals surface area contributed by atoms with E-state index in [0.29, 0.717) is 5.41 Å². The van der Waals surface area contributed by atoms with Crippen LogP contribution in [-0.4, -0.2) is 6.54 Å². The average Bonchev–Trinajstić information content (AvgIpc) is 2.47. The van der Waals surface area contributed by atoms with Crippen LogP contribution in [0.4, 0.5) is 0 Å². The van der Waals surface area contributed by atoms with Gasteiger partial charge in [0.25, 0.3) is 0 Å². The summed E-state index contributed by atoms with van der Waals surface area (Å²) in [4.78, 5) is 0. The van der Waals surface area contributed by atoms with Gasteiger partial charge in [-0.15, -0.1) is 0 Å². The summed E-state index contributed by atoms with van der Waals surface area (Å²) in [5, 5.41) is 0. The Labute approximate surface area is 64.0 Å². The highest BCUT2D eigenvalue weighted by atomic mass is 14.6. The predicted octanol–water partition coefficient (Wildman–Crippen LogP) is 2.16. The molecule has 1 heteroatoms. The van der Waals surface area contributed by atoms with Gasteiger partial charge < -0.3 is 5.73 Å². The lowest BCUT2D eigenvalue weighted by atomic mass is 9.91. The molecule has 10 heavy (non-hydrogen) atoms. The van der Waals surface area contributed by atoms with E-state index in [4.69, 9.17) is 5.73 Å². The molecule has 1 aliphatic carbocycles. The Balaban J connectivity index is 2.23. The van der Waals surface area contributed by atoms with Gasteiger partial charge in [-0.1, -0.05) is 13.8 Å². The van der Waals surface area contributed by atoms with E-state index in [2.05, 4.69) is 13.8 Å². The normalized spacial score (nSPS) is 21.6. The van der Waals surface area contributed by atoms with E-state index in [9.17, 15) is 0 Å². The topological polar surface area (TPSA) is 26.0 Å². The predicted molar refractivity (Wildman–Crippen MR) is 44.8 cm³/mol. The zero-order chi connectivity index (χ0) is 7.61. The highest BCUT2D eigenvalue weighted by molar-refractivity contribution is 4.93. The standard InChI is InChI=1S/C9H19N/c1-8(2)7-9(3-4-9)5-6-10/h8H,3-7,10H2,1-2H3. The summed E-state index contributed by atoms with van der Waals surface area (Å²) >= 11 is 0. The summed E-state index contributed by atoms with van der Waals surface area (Å²) in [5.41, 5.74) is 6.23. The van der Waals surface area contributed by atoms with Gasteiger partial charge in [0, 0.05) is 0 Å². The van der Waals surface area contributed by atoms with Gasteiger partial charge in [0.15, 0.2) is 0 Å². The van der Waals surface area contributed by atoms with E-state index in [1.807, 2.05) is 0 Å². The van der Waals surface area contributed by atoms with Crippen LogP contribution in [0.3, 0.4) is 0 Å². The van der Waals surface area contributed by atoms with Crippen molar-refractivity contribution in [3.05, 3.63) is 0 Å². The third kappa shape index (κ3) is 1.98. The molecule has 2 N–H and O–H groups in total. The van der Waals surface area contributed by atoms with Crippen molar-refractivity contribution in [3.8, 4) is 0 Å². The Morgan fingerprint density at radius 1 is 1.40 bits per heavy atom. The van der Waals surface area contributed by atoms with E-state index >= 15 is 0 Å². The highest BCUT2D eigenvalue weighted by Crippen LogP contribution is 2.52. The summed E-state index contributed by atoms with van der Waals surface area (Å²) in [6, 6.07) is 0. The first-order chi connectivity index (χ1) is 4.68. The van der Waals surface area contributed by atoms with Gasteiger partial charge >= 0.3 is 0 Å². The average molecular weight is 141 g/mol. The third-order valence-electron chi connectivity index (χ3n) is 2.47. The molecule has 0 saturated heterocycles. The van der Waals surface area contributed by atoms with Crippen molar-refractivity contribution in [2.45, 2.75) is 39.5 Å². The van der Waals surface area contributed by atoms with Crippen molar-refractivity contribution < 1.29 is 0 Å². The molecular weight excluding hydrogens is 122 g/mol. The Hall–Kier alpha value is -0.0400. The maximum absolute atomic E-state index is 5.53. The summed E-state index contributed by atoms with van der Waals surface area (Å²) < 4.78 is 0. The first kappa shape index (κ1) is 8.06. The number of hydrogen-bond acceptors (Lipinski definition) is 1. The second-order valence-electron chi connectivity index (χ2n) is 4.14. The second kappa shape index (κ2) is 2.91. The van der Waals surface area contributed by atoms with Crippen LogP contribution >= 0.6 is 0 Å². The van der Waals surface area contributed by atoms with Crippen LogP contribution in [-0.2, 0) is 0 Å². The fourth-order valence-electron chi connectivity index (χ4n) is 1.91. The van der Waals surface area contributed by atoms with E-state index in [0.717, 1.165) is 12.5 Å². The zero-order valence-corrected chi connectivity index (χ0v) is 7.19. The SMILES string of the molecule is CC(C)CC1(CCN)CC1. The van der Waals surface area contributed by atoms with Crippen molar-refractivity contribution in [2.24, 2.45) is 17.1 Å². The lowest BCUT2D eigenvalue weighted by Gasteiger charge is -2.15. The summed E-state index contributed by atoms with van der Waals surface area (Å²) in [6.07, 6.45) is 5.51. The Morgan fingerprint density at radius 3 is 2.30 bits per heavy atom. The van der Waals surface area contributed by atoms with Crippen molar-refractivity contribution in [3.63, 3.8) is 0 Å². The minimum Gasteiger partial charge on any atom is -0.330 e. The monoisotopic (exact) mass is 141 g/mol. The van der Waals surface area contributed by atoms with Crippen LogP contribution in [0.1, 0.15) is 39.5 Å². The first-order valence-corrected chi connectivity index (χ1v) is 4.39. The molecule has 1 nitrogen and oxygen atoms in total. The fourth-order valence-corrected chi connectivity index (χ4v) is 1.91. The van der Waals surface area contributed by atoms with E-state index in [1.54, 1.807) is 0 Å². The van der Waals surface area contributed by atoms with Crippen molar-refractivity contribution in [1.29, 1.82) is 0 Å². The van der Waals surface area contributed by atoms with Crippen LogP contribution < -0.4 is 5.73 Å². The largest absolute Gasteiger partial charge is 0.330 e. The van der Waals surface area contributed by atoms with Crippen LogP contribution in [0.5, 0.6) is 0 Å². The van der Waals surface area contributed by atoms with Gasteiger partial charge in [-0.2, -0.15) is 0 Å². The van der Waals surface area contributed by atoms with E-state index in [1.165, 1.54) is 25.7 Å². The van der Waals surface area contributed by atoms with Crippen molar-refractivity contribution in [1.82, 2.24) is 0 Å². The lowest BCUT2D eigenvalue weighted by molar-refractivity contribution is 0.369. The van der Waals surface area contributed by atoms with Crippen LogP contribution in [0.2, 0.25) is 0 Å². The van der Waals surface area contributed by atoms with Crippen molar-refractivity contribution in [2.75, 3.05) is 6.54 Å². The first-order valence-electron chi connectivity index (χ1n) is 4.39. The van der Waals surface area contributed by atoms with Crippen LogP contribution in [0.25, 0.3) is 0 Å². The maximum atomic E-state index is 5.53. The molecule has 0 unspecified atom stereocenters. The Bertz CT molecular complexity index is 103. The van der Waals surface area contributed by atoms with Gasteiger partial charge in [-0.25, -0.2) is 0 Å². The van der Waals surface area contributed by atoms with E-state index in [-0.39, 0.29) is 0 Å². The third-order valence-corrected chi connectivity index (χ3v) is 2.47. The minimum absolute atomic E-state index is 0.697. The molecule has 0 aromatic rings. The summed E-state index contributed by atoms with van der Waals surface area (Å²) in [6.45, 7) is 5.49. The maximum Gasteiger partial charge on any atom is -0.00720 e. The molecule has 1 saturated carbocycles. The zero-order valence-electron chi connectivity index (χ0n) is 7.19. The highest BCUT2D eigenvalue weighted by Gasteiger charge is 2.41. The number of nitrogens with two attached hydrogens (primary N) is 1. The molecule has 1 rings (SSSR count). The quantitative estimate of drug-likeness (QED) is 0.638. The molecule has 0 radical (unpaired) electrons. The Morgan fingerprint density at radius 2 is 2.00 bits per heavy atom. The molecule has 0 aromatic heterocycles. The minimum atomic E-state index is 0.697. The molecule has 0 amide bonds. The van der Waals surface area contributed by atoms with Gasteiger partial charge in [-0.05, 0) is 43.6 Å². The molecule has 0 atom stereocenters. The molecule has 0 aliphatic heterocycles. The second-order valence-corrected chi connectivity index (χ2v) is 4.14. The molecule has 0 spiro atoms.